The second-order valence-electron chi connectivity index (χ2n) is 7.47. The standard InChI is InChI=1S/C22H23BrN6O10/c1-5-39-19-9-16(25-26-22-14(23)6-13(28(33)34)7-18(22)29(35)36)15(24-12(2)30)8-17(19)27(10-20(31)37-3)11-21(32)38-4/h6-9H,5,10-11H2,1-4H3,(H,24,30). The van der Waals surface area contributed by atoms with Gasteiger partial charge in [0.1, 0.15) is 24.5 Å². The Kier molecular flexibility index (Phi) is 10.8. The Morgan fingerprint density at radius 3 is 2.10 bits per heavy atom. The summed E-state index contributed by atoms with van der Waals surface area (Å²) < 4.78 is 15.0. The lowest BCUT2D eigenvalue weighted by atomic mass is 10.2. The zero-order chi connectivity index (χ0) is 29.3. The van der Waals surface area contributed by atoms with Crippen LogP contribution in [0.3, 0.4) is 0 Å². The van der Waals surface area contributed by atoms with Gasteiger partial charge in [-0.3, -0.25) is 34.6 Å². The van der Waals surface area contributed by atoms with E-state index >= 15 is 0 Å². The van der Waals surface area contributed by atoms with Gasteiger partial charge in [-0.25, -0.2) is 0 Å². The summed E-state index contributed by atoms with van der Waals surface area (Å²) in [6, 6.07) is 4.47. The monoisotopic (exact) mass is 610 g/mol. The van der Waals surface area contributed by atoms with Crippen molar-refractivity contribution in [1.82, 2.24) is 0 Å². The van der Waals surface area contributed by atoms with E-state index in [0.717, 1.165) is 12.1 Å². The van der Waals surface area contributed by atoms with E-state index in [1.54, 1.807) is 6.92 Å². The minimum absolute atomic E-state index is 0.0203. The van der Waals surface area contributed by atoms with Crippen LogP contribution in [0.25, 0.3) is 0 Å². The minimum atomic E-state index is -0.854. The molecule has 0 heterocycles. The molecule has 1 amide bonds. The molecule has 39 heavy (non-hydrogen) atoms. The van der Waals surface area contributed by atoms with E-state index < -0.39 is 39.1 Å². The quantitative estimate of drug-likeness (QED) is 0.156. The number of methoxy groups -OCH3 is 2. The van der Waals surface area contributed by atoms with E-state index in [4.69, 9.17) is 14.2 Å². The third-order valence-electron chi connectivity index (χ3n) is 4.82. The Balaban J connectivity index is 2.74. The van der Waals surface area contributed by atoms with Crippen LogP contribution in [0.4, 0.5) is 34.1 Å². The second-order valence-corrected chi connectivity index (χ2v) is 8.32. The number of benzene rings is 2. The molecular formula is C22H23BrN6O10. The molecule has 0 saturated heterocycles. The summed E-state index contributed by atoms with van der Waals surface area (Å²) in [6.07, 6.45) is 0. The molecule has 0 spiro atoms. The molecule has 0 radical (unpaired) electrons. The molecule has 2 aromatic rings. The van der Waals surface area contributed by atoms with Gasteiger partial charge in [-0.05, 0) is 28.9 Å². The van der Waals surface area contributed by atoms with Crippen LogP contribution in [0.2, 0.25) is 0 Å². The molecule has 0 saturated carbocycles. The van der Waals surface area contributed by atoms with Gasteiger partial charge in [0, 0.05) is 19.1 Å². The molecule has 0 atom stereocenters. The maximum absolute atomic E-state index is 12.0. The van der Waals surface area contributed by atoms with E-state index in [1.807, 2.05) is 0 Å². The van der Waals surface area contributed by atoms with Gasteiger partial charge in [-0.2, -0.15) is 0 Å². The summed E-state index contributed by atoms with van der Waals surface area (Å²) in [4.78, 5) is 58.4. The molecule has 0 aliphatic heterocycles. The smallest absolute Gasteiger partial charge is 0.325 e. The molecule has 0 bridgehead atoms. The van der Waals surface area contributed by atoms with E-state index in [0.29, 0.717) is 0 Å². The average molecular weight is 611 g/mol. The fourth-order valence-electron chi connectivity index (χ4n) is 3.13. The summed E-state index contributed by atoms with van der Waals surface area (Å²) in [5, 5.41) is 33.2. The van der Waals surface area contributed by atoms with Gasteiger partial charge in [0.05, 0.1) is 52.6 Å². The van der Waals surface area contributed by atoms with Crippen LogP contribution in [0.1, 0.15) is 13.8 Å². The van der Waals surface area contributed by atoms with Crippen molar-refractivity contribution in [2.75, 3.05) is 44.1 Å². The number of nitro benzene ring substituents is 2. The van der Waals surface area contributed by atoms with Crippen LogP contribution in [0.15, 0.2) is 39.0 Å². The topological polar surface area (TPSA) is 205 Å². The van der Waals surface area contributed by atoms with Crippen LogP contribution in [-0.4, -0.2) is 61.6 Å². The number of azo groups is 1. The number of carbonyl (C=O) groups excluding carboxylic acids is 3. The minimum Gasteiger partial charge on any atom is -0.492 e. The highest BCUT2D eigenvalue weighted by Gasteiger charge is 2.25. The number of hydrogen-bond donors (Lipinski definition) is 1. The average Bonchev–Trinajstić information content (AvgIpc) is 2.87. The van der Waals surface area contributed by atoms with Gasteiger partial charge >= 0.3 is 17.6 Å². The number of rotatable bonds is 12. The summed E-state index contributed by atoms with van der Waals surface area (Å²) in [5.74, 6) is -1.76. The van der Waals surface area contributed by atoms with E-state index in [-0.39, 0.29) is 52.7 Å². The molecule has 2 rings (SSSR count). The first-order valence-corrected chi connectivity index (χ1v) is 11.7. The molecule has 0 aromatic heterocycles. The first kappa shape index (κ1) is 30.6. The van der Waals surface area contributed by atoms with Crippen LogP contribution in [-0.2, 0) is 23.9 Å². The Hall–Kier alpha value is -4.67. The summed E-state index contributed by atoms with van der Waals surface area (Å²) >= 11 is 3.05. The molecule has 0 fully saturated rings. The van der Waals surface area contributed by atoms with Crippen LogP contribution < -0.4 is 15.0 Å². The zero-order valence-electron chi connectivity index (χ0n) is 21.1. The first-order chi connectivity index (χ1) is 18.4. The summed E-state index contributed by atoms with van der Waals surface area (Å²) in [7, 11) is 2.34. The van der Waals surface area contributed by atoms with Crippen molar-refractivity contribution >= 4 is 67.9 Å². The number of nitrogens with zero attached hydrogens (tertiary/aromatic N) is 5. The van der Waals surface area contributed by atoms with Gasteiger partial charge in [-0.15, -0.1) is 10.2 Å². The van der Waals surface area contributed by atoms with Crippen molar-refractivity contribution in [3.63, 3.8) is 0 Å². The van der Waals surface area contributed by atoms with Gasteiger partial charge < -0.3 is 24.4 Å². The number of non-ortho nitro benzene ring substituents is 1. The fourth-order valence-corrected chi connectivity index (χ4v) is 3.65. The lowest BCUT2D eigenvalue weighted by Gasteiger charge is -2.25. The molecule has 0 aliphatic rings. The number of halogens is 1. The third kappa shape index (κ3) is 8.16. The third-order valence-corrected chi connectivity index (χ3v) is 5.42. The number of ether oxygens (including phenoxy) is 3. The Morgan fingerprint density at radius 2 is 1.62 bits per heavy atom. The Labute approximate surface area is 229 Å². The molecular weight excluding hydrogens is 588 g/mol. The number of esters is 2. The van der Waals surface area contributed by atoms with Crippen molar-refractivity contribution in [3.8, 4) is 5.75 Å². The lowest BCUT2D eigenvalue weighted by Crippen LogP contribution is -2.36. The molecule has 0 aliphatic carbocycles. The summed E-state index contributed by atoms with van der Waals surface area (Å²) in [6.45, 7) is 2.28. The summed E-state index contributed by atoms with van der Waals surface area (Å²) in [5.41, 5.74) is -1.33. The van der Waals surface area contributed by atoms with Crippen molar-refractivity contribution in [2.45, 2.75) is 13.8 Å². The molecule has 2 aromatic carbocycles. The highest BCUT2D eigenvalue weighted by Crippen LogP contribution is 2.43. The van der Waals surface area contributed by atoms with E-state index in [9.17, 15) is 34.6 Å². The molecule has 17 heteroatoms. The van der Waals surface area contributed by atoms with Gasteiger partial charge in [0.2, 0.25) is 5.91 Å². The van der Waals surface area contributed by atoms with Crippen LogP contribution in [0, 0.1) is 20.2 Å². The predicted octanol–water partition coefficient (Wildman–Crippen LogP) is 4.19. The Morgan fingerprint density at radius 1 is 1.00 bits per heavy atom. The number of carbonyl (C=O) groups is 3. The highest BCUT2D eigenvalue weighted by atomic mass is 79.9. The number of hydrogen-bond acceptors (Lipinski definition) is 13. The molecule has 208 valence electrons. The Bertz CT molecular complexity index is 1310. The highest BCUT2D eigenvalue weighted by molar-refractivity contribution is 9.10. The SMILES string of the molecule is CCOc1cc(N=Nc2c(Br)cc([N+](=O)[O-])cc2[N+](=O)[O-])c(NC(C)=O)cc1N(CC(=O)OC)CC(=O)OC. The van der Waals surface area contributed by atoms with Gasteiger partial charge in [0.25, 0.3) is 5.69 Å². The molecule has 1 N–H and O–H groups in total. The van der Waals surface area contributed by atoms with Crippen molar-refractivity contribution < 1.29 is 38.4 Å². The number of amides is 1. The normalized spacial score (nSPS) is 10.6. The van der Waals surface area contributed by atoms with Gasteiger partial charge in [-0.1, -0.05) is 0 Å². The largest absolute Gasteiger partial charge is 0.492 e. The maximum Gasteiger partial charge on any atom is 0.325 e. The van der Waals surface area contributed by atoms with Crippen LogP contribution >= 0.6 is 15.9 Å². The van der Waals surface area contributed by atoms with Crippen molar-refractivity contribution in [2.24, 2.45) is 10.2 Å². The maximum atomic E-state index is 12.0. The number of nitrogens with one attached hydrogen (secondary N) is 1. The lowest BCUT2D eigenvalue weighted by molar-refractivity contribution is -0.393. The number of nitro groups is 2. The number of anilines is 2. The van der Waals surface area contributed by atoms with Crippen LogP contribution in [0.5, 0.6) is 5.75 Å². The molecule has 0 unspecified atom stereocenters. The molecule has 16 nitrogen and oxygen atoms in total. The fraction of sp³-hybridized carbons (Fsp3) is 0.318. The van der Waals surface area contributed by atoms with Crippen molar-refractivity contribution in [1.29, 1.82) is 0 Å². The second kappa shape index (κ2) is 13.8. The van der Waals surface area contributed by atoms with Crippen molar-refractivity contribution in [3.05, 3.63) is 49.0 Å². The predicted molar refractivity (Wildman–Crippen MR) is 140 cm³/mol. The van der Waals surface area contributed by atoms with E-state index in [2.05, 4.69) is 31.5 Å². The zero-order valence-corrected chi connectivity index (χ0v) is 22.7. The first-order valence-electron chi connectivity index (χ1n) is 10.9. The van der Waals surface area contributed by atoms with E-state index in [1.165, 1.54) is 38.2 Å². The van der Waals surface area contributed by atoms with Gasteiger partial charge in [0.15, 0.2) is 5.69 Å².